The summed E-state index contributed by atoms with van der Waals surface area (Å²) in [6, 6.07) is 7.30. The maximum absolute atomic E-state index is 11.4. The van der Waals surface area contributed by atoms with Crippen LogP contribution in [0.15, 0.2) is 24.3 Å². The number of benzene rings is 1. The number of hydrogen-bond donors (Lipinski definition) is 2. The maximum Gasteiger partial charge on any atom is 0.356 e. The average Bonchev–Trinajstić information content (AvgIpc) is 2.82. The molecule has 0 atom stereocenters. The molecule has 0 aliphatic heterocycles. The van der Waals surface area contributed by atoms with Crippen LogP contribution in [0.3, 0.4) is 0 Å². The topological polar surface area (TPSA) is 79.3 Å². The number of nitrogens with zero attached hydrogens (tertiary/aromatic N) is 1. The van der Waals surface area contributed by atoms with Crippen molar-refractivity contribution in [3.63, 3.8) is 0 Å². The number of carbonyl (C=O) groups excluding carboxylic acids is 1. The van der Waals surface area contributed by atoms with Crippen molar-refractivity contribution in [1.82, 2.24) is 4.98 Å². The molecule has 1 aromatic carbocycles. The standard InChI is InChI=1S/C13H11ClN2O3S/c1-7(17)11-10(12(18)19)16-13(20-11)15-6-8-4-2-3-5-9(8)14/h2-5H,6H2,1H3,(H,15,16)(H,18,19). The van der Waals surface area contributed by atoms with Gasteiger partial charge in [0.1, 0.15) is 4.88 Å². The Morgan fingerprint density at radius 1 is 1.40 bits per heavy atom. The van der Waals surface area contributed by atoms with Crippen LogP contribution < -0.4 is 5.32 Å². The largest absolute Gasteiger partial charge is 0.476 e. The molecule has 0 unspecified atom stereocenters. The second-order valence-electron chi connectivity index (χ2n) is 4.00. The van der Waals surface area contributed by atoms with Crippen molar-refractivity contribution in [2.75, 3.05) is 5.32 Å². The molecule has 0 aliphatic carbocycles. The zero-order chi connectivity index (χ0) is 14.7. The van der Waals surface area contributed by atoms with Crippen molar-refractivity contribution in [2.45, 2.75) is 13.5 Å². The summed E-state index contributed by atoms with van der Waals surface area (Å²) in [6.07, 6.45) is 0. The third-order valence-corrected chi connectivity index (χ3v) is 4.02. The molecule has 5 nitrogen and oxygen atoms in total. The molecule has 1 aromatic heterocycles. The number of anilines is 1. The highest BCUT2D eigenvalue weighted by Crippen LogP contribution is 2.25. The lowest BCUT2D eigenvalue weighted by atomic mass is 10.2. The first-order chi connectivity index (χ1) is 9.49. The molecule has 0 aliphatic rings. The molecule has 0 saturated carbocycles. The predicted octanol–water partition coefficient (Wildman–Crippen LogP) is 3.31. The fourth-order valence-electron chi connectivity index (χ4n) is 1.59. The first-order valence-electron chi connectivity index (χ1n) is 5.71. The minimum absolute atomic E-state index is 0.138. The molecule has 20 heavy (non-hydrogen) atoms. The van der Waals surface area contributed by atoms with Crippen molar-refractivity contribution in [3.05, 3.63) is 45.4 Å². The minimum atomic E-state index is -1.21. The molecule has 0 radical (unpaired) electrons. The van der Waals surface area contributed by atoms with E-state index in [0.29, 0.717) is 16.7 Å². The molecular formula is C13H11ClN2O3S. The van der Waals surface area contributed by atoms with Crippen molar-refractivity contribution in [3.8, 4) is 0 Å². The zero-order valence-corrected chi connectivity index (χ0v) is 12.1. The van der Waals surface area contributed by atoms with Crippen LogP contribution in [0.25, 0.3) is 0 Å². The minimum Gasteiger partial charge on any atom is -0.476 e. The Labute approximate surface area is 124 Å². The summed E-state index contributed by atoms with van der Waals surface area (Å²) in [4.78, 5) is 26.4. The first-order valence-corrected chi connectivity index (χ1v) is 6.91. The number of nitrogens with one attached hydrogen (secondary N) is 1. The second kappa shape index (κ2) is 6.02. The molecule has 0 bridgehead atoms. The highest BCUT2D eigenvalue weighted by molar-refractivity contribution is 7.17. The fourth-order valence-corrected chi connectivity index (χ4v) is 2.64. The smallest absolute Gasteiger partial charge is 0.356 e. The maximum atomic E-state index is 11.4. The van der Waals surface area contributed by atoms with E-state index in [1.54, 1.807) is 6.07 Å². The fraction of sp³-hybridized carbons (Fsp3) is 0.154. The number of aromatic nitrogens is 1. The summed E-state index contributed by atoms with van der Waals surface area (Å²) in [7, 11) is 0. The zero-order valence-electron chi connectivity index (χ0n) is 10.5. The van der Waals surface area contributed by atoms with E-state index >= 15 is 0 Å². The van der Waals surface area contributed by atoms with Crippen LogP contribution in [0.2, 0.25) is 5.02 Å². The monoisotopic (exact) mass is 310 g/mol. The first kappa shape index (κ1) is 14.5. The SMILES string of the molecule is CC(=O)c1sc(NCc2ccccc2Cl)nc1C(=O)O. The summed E-state index contributed by atoms with van der Waals surface area (Å²) in [5.74, 6) is -1.53. The highest BCUT2D eigenvalue weighted by atomic mass is 35.5. The van der Waals surface area contributed by atoms with Gasteiger partial charge in [0, 0.05) is 18.5 Å². The number of ketones is 1. The number of thiazole rings is 1. The Kier molecular flexibility index (Phi) is 4.36. The van der Waals surface area contributed by atoms with Gasteiger partial charge < -0.3 is 10.4 Å². The van der Waals surface area contributed by atoms with E-state index in [9.17, 15) is 9.59 Å². The molecule has 0 spiro atoms. The normalized spacial score (nSPS) is 10.3. The molecule has 1 heterocycles. The molecular weight excluding hydrogens is 300 g/mol. The van der Waals surface area contributed by atoms with Crippen molar-refractivity contribution >= 4 is 39.8 Å². The average molecular weight is 311 g/mol. The number of aromatic carboxylic acids is 1. The third-order valence-electron chi connectivity index (χ3n) is 2.54. The number of carboxylic acids is 1. The van der Waals surface area contributed by atoms with Gasteiger partial charge in [-0.3, -0.25) is 4.79 Å². The summed E-state index contributed by atoms with van der Waals surface area (Å²) in [5, 5.41) is 13.0. The van der Waals surface area contributed by atoms with Gasteiger partial charge >= 0.3 is 5.97 Å². The van der Waals surface area contributed by atoms with E-state index in [1.807, 2.05) is 18.2 Å². The van der Waals surface area contributed by atoms with E-state index in [4.69, 9.17) is 16.7 Å². The Morgan fingerprint density at radius 3 is 2.65 bits per heavy atom. The number of halogens is 1. The van der Waals surface area contributed by atoms with Gasteiger partial charge in [-0.2, -0.15) is 0 Å². The van der Waals surface area contributed by atoms with Crippen molar-refractivity contribution in [1.29, 1.82) is 0 Å². The number of hydrogen-bond acceptors (Lipinski definition) is 5. The molecule has 2 N–H and O–H groups in total. The third kappa shape index (κ3) is 3.15. The van der Waals surface area contributed by atoms with Crippen LogP contribution in [0.1, 0.15) is 32.6 Å². The molecule has 2 aromatic rings. The summed E-state index contributed by atoms with van der Waals surface area (Å²) in [5.41, 5.74) is 0.648. The Morgan fingerprint density at radius 2 is 2.10 bits per heavy atom. The van der Waals surface area contributed by atoms with Crippen LogP contribution in [-0.4, -0.2) is 21.8 Å². The van der Waals surface area contributed by atoms with E-state index in [1.165, 1.54) is 6.92 Å². The van der Waals surface area contributed by atoms with Gasteiger partial charge in [0.2, 0.25) is 0 Å². The lowest BCUT2D eigenvalue weighted by molar-refractivity contribution is 0.0687. The summed E-state index contributed by atoms with van der Waals surface area (Å²) >= 11 is 7.05. The van der Waals surface area contributed by atoms with Crippen LogP contribution in [0.4, 0.5) is 5.13 Å². The molecule has 0 amide bonds. The summed E-state index contributed by atoms with van der Waals surface area (Å²) < 4.78 is 0. The lowest BCUT2D eigenvalue weighted by Crippen LogP contribution is -2.04. The summed E-state index contributed by atoms with van der Waals surface area (Å²) in [6.45, 7) is 1.72. The van der Waals surface area contributed by atoms with Crippen LogP contribution in [0, 0.1) is 0 Å². The van der Waals surface area contributed by atoms with Gasteiger partial charge in [0.15, 0.2) is 16.6 Å². The lowest BCUT2D eigenvalue weighted by Gasteiger charge is -2.04. The van der Waals surface area contributed by atoms with Crippen LogP contribution >= 0.6 is 22.9 Å². The molecule has 2 rings (SSSR count). The van der Waals surface area contributed by atoms with Gasteiger partial charge in [0.25, 0.3) is 0 Å². The van der Waals surface area contributed by atoms with Crippen molar-refractivity contribution in [2.24, 2.45) is 0 Å². The Bertz CT molecular complexity index is 638. The van der Waals surface area contributed by atoms with Crippen molar-refractivity contribution < 1.29 is 14.7 Å². The van der Waals surface area contributed by atoms with Gasteiger partial charge in [-0.1, -0.05) is 41.1 Å². The second-order valence-corrected chi connectivity index (χ2v) is 5.41. The van der Waals surface area contributed by atoms with Crippen LogP contribution in [0.5, 0.6) is 0 Å². The number of Topliss-reactive ketones (excluding diaryl/α,β-unsaturated/α-hetero) is 1. The number of carbonyl (C=O) groups is 2. The number of rotatable bonds is 5. The highest BCUT2D eigenvalue weighted by Gasteiger charge is 2.20. The van der Waals surface area contributed by atoms with E-state index < -0.39 is 5.97 Å². The van der Waals surface area contributed by atoms with Crippen LogP contribution in [-0.2, 0) is 6.54 Å². The quantitative estimate of drug-likeness (QED) is 0.828. The van der Waals surface area contributed by atoms with E-state index in [-0.39, 0.29) is 16.4 Å². The molecule has 0 saturated heterocycles. The molecule has 0 fully saturated rings. The Balaban J connectivity index is 2.19. The van der Waals surface area contributed by atoms with Gasteiger partial charge in [-0.05, 0) is 11.6 Å². The number of carboxylic acid groups (broad SMARTS) is 1. The molecule has 7 heteroatoms. The Hall–Kier alpha value is -1.92. The van der Waals surface area contributed by atoms with E-state index in [2.05, 4.69) is 10.3 Å². The molecule has 104 valence electrons. The van der Waals surface area contributed by atoms with Gasteiger partial charge in [0.05, 0.1) is 0 Å². The predicted molar refractivity (Wildman–Crippen MR) is 77.9 cm³/mol. The van der Waals surface area contributed by atoms with E-state index in [0.717, 1.165) is 16.9 Å². The van der Waals surface area contributed by atoms with Gasteiger partial charge in [-0.25, -0.2) is 9.78 Å². The van der Waals surface area contributed by atoms with Gasteiger partial charge in [-0.15, -0.1) is 0 Å².